The zero-order valence-electron chi connectivity index (χ0n) is 24.6. The molecule has 8 nitrogen and oxygen atoms in total. The molecular formula is C33H37ClN2O6. The van der Waals surface area contributed by atoms with Crippen LogP contribution in [0.1, 0.15) is 68.0 Å². The number of fused-ring (bicyclic) bond motifs is 1. The number of nitrogens with zero attached hydrogens (tertiary/aromatic N) is 2. The highest BCUT2D eigenvalue weighted by Gasteiger charge is 2.37. The van der Waals surface area contributed by atoms with Gasteiger partial charge < -0.3 is 23.8 Å². The summed E-state index contributed by atoms with van der Waals surface area (Å²) in [6.45, 7) is 6.85. The summed E-state index contributed by atoms with van der Waals surface area (Å²) >= 11 is 6.25. The Balaban J connectivity index is 1.51. The van der Waals surface area contributed by atoms with Crippen molar-refractivity contribution < 1.29 is 28.5 Å². The molecule has 1 amide bonds. The van der Waals surface area contributed by atoms with E-state index in [4.69, 9.17) is 30.5 Å². The van der Waals surface area contributed by atoms with E-state index in [-0.39, 0.29) is 30.7 Å². The number of hydrogen-bond acceptors (Lipinski definition) is 7. The second-order valence-electron chi connectivity index (χ2n) is 10.9. The summed E-state index contributed by atoms with van der Waals surface area (Å²) < 4.78 is 21.9. The van der Waals surface area contributed by atoms with E-state index >= 15 is 0 Å². The molecule has 0 saturated carbocycles. The number of hydrogen-bond donors (Lipinski definition) is 0. The number of halogens is 1. The van der Waals surface area contributed by atoms with Crippen LogP contribution in [-0.2, 0) is 20.7 Å². The second kappa shape index (κ2) is 12.6. The normalized spacial score (nSPS) is 19.4. The molecule has 0 radical (unpaired) electrons. The summed E-state index contributed by atoms with van der Waals surface area (Å²) in [6, 6.07) is 19.2. The zero-order valence-corrected chi connectivity index (χ0v) is 25.4. The van der Waals surface area contributed by atoms with Crippen molar-refractivity contribution >= 4 is 29.4 Å². The molecule has 0 bridgehead atoms. The monoisotopic (exact) mass is 592 g/mol. The summed E-state index contributed by atoms with van der Waals surface area (Å²) in [5.41, 5.74) is 4.66. The van der Waals surface area contributed by atoms with Crippen LogP contribution in [-0.4, -0.2) is 50.1 Å². The first-order valence-electron chi connectivity index (χ1n) is 14.3. The van der Waals surface area contributed by atoms with Crippen LogP contribution in [0.4, 0.5) is 10.5 Å². The van der Waals surface area contributed by atoms with Gasteiger partial charge in [-0.3, -0.25) is 9.69 Å². The first-order valence-corrected chi connectivity index (χ1v) is 14.6. The highest BCUT2D eigenvalue weighted by molar-refractivity contribution is 6.30. The van der Waals surface area contributed by atoms with Gasteiger partial charge in [-0.1, -0.05) is 35.9 Å². The average molecular weight is 593 g/mol. The maximum absolute atomic E-state index is 13.8. The Hall–Kier alpha value is -3.75. The fourth-order valence-electron chi connectivity index (χ4n) is 5.92. The van der Waals surface area contributed by atoms with Crippen LogP contribution in [0.2, 0.25) is 5.02 Å². The van der Waals surface area contributed by atoms with Crippen molar-refractivity contribution in [1.29, 1.82) is 0 Å². The topological polar surface area (TPSA) is 77.5 Å². The lowest BCUT2D eigenvalue weighted by atomic mass is 9.86. The molecule has 0 aliphatic carbocycles. The van der Waals surface area contributed by atoms with Crippen LogP contribution in [0, 0.1) is 0 Å². The molecule has 0 spiro atoms. The third kappa shape index (κ3) is 6.05. The van der Waals surface area contributed by atoms with Crippen molar-refractivity contribution in [2.24, 2.45) is 0 Å². The predicted octanol–water partition coefficient (Wildman–Crippen LogP) is 7.08. The van der Waals surface area contributed by atoms with E-state index in [1.807, 2.05) is 79.4 Å². The second-order valence-corrected chi connectivity index (χ2v) is 11.4. The molecule has 42 heavy (non-hydrogen) atoms. The molecule has 222 valence electrons. The van der Waals surface area contributed by atoms with Gasteiger partial charge in [0.15, 0.2) is 17.7 Å². The number of benzene rings is 3. The third-order valence-electron chi connectivity index (χ3n) is 7.92. The van der Waals surface area contributed by atoms with Crippen molar-refractivity contribution in [2.75, 3.05) is 25.7 Å². The van der Waals surface area contributed by atoms with Crippen LogP contribution in [0.5, 0.6) is 11.5 Å². The maximum atomic E-state index is 13.8. The highest BCUT2D eigenvalue weighted by Crippen LogP contribution is 2.44. The Morgan fingerprint density at radius 2 is 1.69 bits per heavy atom. The molecule has 2 heterocycles. The smallest absolute Gasteiger partial charge is 0.493 e. The summed E-state index contributed by atoms with van der Waals surface area (Å²) in [6.07, 6.45) is 0.870. The quantitative estimate of drug-likeness (QED) is 0.259. The Bertz CT molecular complexity index is 1430. The van der Waals surface area contributed by atoms with Gasteiger partial charge in [-0.05, 0) is 92.3 Å². The van der Waals surface area contributed by atoms with Gasteiger partial charge in [0.2, 0.25) is 5.91 Å². The van der Waals surface area contributed by atoms with E-state index in [0.717, 1.165) is 47.3 Å². The van der Waals surface area contributed by atoms with E-state index in [9.17, 15) is 9.59 Å². The summed E-state index contributed by atoms with van der Waals surface area (Å²) in [5.74, 6) is 1.22. The molecule has 9 heteroatoms. The molecule has 3 aromatic carbocycles. The lowest BCUT2D eigenvalue weighted by molar-refractivity contribution is -0.118. The van der Waals surface area contributed by atoms with Gasteiger partial charge in [-0.15, -0.1) is 0 Å². The van der Waals surface area contributed by atoms with Crippen molar-refractivity contribution in [3.8, 4) is 11.5 Å². The van der Waals surface area contributed by atoms with Gasteiger partial charge in [0, 0.05) is 23.3 Å². The fourth-order valence-corrected chi connectivity index (χ4v) is 6.05. The molecule has 3 aromatic rings. The van der Waals surface area contributed by atoms with Gasteiger partial charge in [-0.2, -0.15) is 0 Å². The number of carbonyl (C=O) groups excluding carboxylic acids is 2. The molecule has 2 aliphatic heterocycles. The van der Waals surface area contributed by atoms with E-state index in [1.165, 1.54) is 7.11 Å². The Labute approximate surface area is 252 Å². The first kappa shape index (κ1) is 29.7. The van der Waals surface area contributed by atoms with Crippen molar-refractivity contribution in [2.45, 2.75) is 64.4 Å². The highest BCUT2D eigenvalue weighted by atomic mass is 35.5. The van der Waals surface area contributed by atoms with E-state index in [1.54, 1.807) is 7.11 Å². The number of anilines is 1. The largest absolute Gasteiger partial charge is 0.509 e. The minimum Gasteiger partial charge on any atom is -0.493 e. The lowest BCUT2D eigenvalue weighted by Gasteiger charge is -2.38. The van der Waals surface area contributed by atoms with E-state index < -0.39 is 12.2 Å². The van der Waals surface area contributed by atoms with Crippen LogP contribution >= 0.6 is 11.6 Å². The number of rotatable bonds is 8. The Morgan fingerprint density at radius 3 is 2.33 bits per heavy atom. The summed E-state index contributed by atoms with van der Waals surface area (Å²) in [7, 11) is 2.92. The minimum absolute atomic E-state index is 0.00394. The Kier molecular flexibility index (Phi) is 8.94. The third-order valence-corrected chi connectivity index (χ3v) is 8.18. The van der Waals surface area contributed by atoms with Gasteiger partial charge >= 0.3 is 6.16 Å². The molecule has 1 fully saturated rings. The number of ether oxygens (including phenoxy) is 4. The molecule has 1 saturated heterocycles. The van der Waals surface area contributed by atoms with Gasteiger partial charge in [0.05, 0.1) is 32.8 Å². The number of likely N-dealkylation sites (tertiary alicyclic amines) is 1. The molecular weight excluding hydrogens is 556 g/mol. The molecule has 0 N–H and O–H groups in total. The van der Waals surface area contributed by atoms with Crippen LogP contribution in [0.3, 0.4) is 0 Å². The van der Waals surface area contributed by atoms with Crippen molar-refractivity contribution in [1.82, 2.24) is 4.90 Å². The standard InChI is InChI=1S/C33H37ClN2O6/c1-20(2)41-29-19-27-24(17-28(29)39-4)18-30(37)36(32(27)23-8-12-25(34)13-9-23)26-14-10-22(11-15-26)21(3)35-16-6-7-31(35)42-33(38)40-5/h8-15,17,19-21,31-32H,6-7,16,18H2,1-5H3/t21-,31-,32-/m0/s1. The van der Waals surface area contributed by atoms with Crippen molar-refractivity contribution in [3.05, 3.63) is 87.9 Å². The van der Waals surface area contributed by atoms with Gasteiger partial charge in [0.1, 0.15) is 0 Å². The van der Waals surface area contributed by atoms with Crippen LogP contribution in [0.25, 0.3) is 0 Å². The maximum Gasteiger partial charge on any atom is 0.509 e. The first-order chi connectivity index (χ1) is 20.2. The van der Waals surface area contributed by atoms with Gasteiger partial charge in [-0.25, -0.2) is 4.79 Å². The zero-order chi connectivity index (χ0) is 30.0. The van der Waals surface area contributed by atoms with Crippen LogP contribution in [0.15, 0.2) is 60.7 Å². The number of amides is 1. The average Bonchev–Trinajstić information content (AvgIpc) is 3.44. The fraction of sp³-hybridized carbons (Fsp3) is 0.394. The SMILES string of the molecule is COC(=O)O[C@H]1CCCN1[C@@H](C)c1ccc(N2C(=O)Cc3cc(OC)c(OC(C)C)cc3[C@@H]2c2ccc(Cl)cc2)cc1. The molecule has 0 unspecified atom stereocenters. The number of carbonyl (C=O) groups is 2. The summed E-state index contributed by atoms with van der Waals surface area (Å²) in [4.78, 5) is 29.6. The van der Waals surface area contributed by atoms with Crippen molar-refractivity contribution in [3.63, 3.8) is 0 Å². The van der Waals surface area contributed by atoms with Crippen LogP contribution < -0.4 is 14.4 Å². The van der Waals surface area contributed by atoms with Gasteiger partial charge in [0.25, 0.3) is 0 Å². The molecule has 2 aliphatic rings. The summed E-state index contributed by atoms with van der Waals surface area (Å²) in [5, 5.41) is 0.626. The number of methoxy groups -OCH3 is 2. The van der Waals surface area contributed by atoms with E-state index in [0.29, 0.717) is 16.5 Å². The molecule has 5 rings (SSSR count). The van der Waals surface area contributed by atoms with E-state index in [2.05, 4.69) is 11.8 Å². The molecule has 3 atom stereocenters. The molecule has 0 aromatic heterocycles. The Morgan fingerprint density at radius 1 is 0.976 bits per heavy atom. The lowest BCUT2D eigenvalue weighted by Crippen LogP contribution is -2.41. The minimum atomic E-state index is -0.675. The predicted molar refractivity (Wildman–Crippen MR) is 161 cm³/mol.